The lowest BCUT2D eigenvalue weighted by atomic mass is 10.1. The van der Waals surface area contributed by atoms with Gasteiger partial charge in [0, 0.05) is 37.5 Å². The first kappa shape index (κ1) is 18.6. The van der Waals surface area contributed by atoms with Gasteiger partial charge in [-0.05, 0) is 55.2 Å². The highest BCUT2D eigenvalue weighted by Gasteiger charge is 2.13. The molecule has 0 aliphatic carbocycles. The van der Waals surface area contributed by atoms with Crippen molar-refractivity contribution < 1.29 is 8.42 Å². The summed E-state index contributed by atoms with van der Waals surface area (Å²) < 4.78 is 23.8. The molecule has 0 unspecified atom stereocenters. The molecule has 1 aliphatic rings. The Morgan fingerprint density at radius 3 is 2.64 bits per heavy atom. The quantitative estimate of drug-likeness (QED) is 0.708. The van der Waals surface area contributed by atoms with Crippen LogP contribution in [-0.4, -0.2) is 42.7 Å². The normalized spacial score (nSPS) is 15.0. The molecule has 2 aromatic heterocycles. The average molecular weight is 398 g/mol. The van der Waals surface area contributed by atoms with Gasteiger partial charge in [0.2, 0.25) is 0 Å². The van der Waals surface area contributed by atoms with Gasteiger partial charge in [0.05, 0.1) is 10.4 Å². The molecule has 1 aromatic carbocycles. The lowest BCUT2D eigenvalue weighted by molar-refractivity contribution is 0.573. The van der Waals surface area contributed by atoms with Crippen molar-refractivity contribution in [1.29, 1.82) is 0 Å². The molecule has 8 heteroatoms. The van der Waals surface area contributed by atoms with Gasteiger partial charge in [0.1, 0.15) is 18.0 Å². The third-order valence-electron chi connectivity index (χ3n) is 4.98. The Balaban J connectivity index is 1.57. The molecule has 0 amide bonds. The number of nitrogens with zero attached hydrogens (tertiary/aromatic N) is 4. The summed E-state index contributed by atoms with van der Waals surface area (Å²) in [6.45, 7) is 2.67. The molecular weight excluding hydrogens is 374 g/mol. The molecule has 4 rings (SSSR count). The van der Waals surface area contributed by atoms with Crippen LogP contribution >= 0.6 is 0 Å². The first-order chi connectivity index (χ1) is 13.5. The molecule has 7 nitrogen and oxygen atoms in total. The molecule has 28 heavy (non-hydrogen) atoms. The molecule has 0 radical (unpaired) electrons. The number of pyridine rings is 1. The number of piperidine rings is 1. The summed E-state index contributed by atoms with van der Waals surface area (Å²) in [5, 5.41) is 4.01. The Kier molecular flexibility index (Phi) is 5.13. The monoisotopic (exact) mass is 397 g/mol. The number of nitrogens with one attached hydrogen (secondary N) is 1. The van der Waals surface area contributed by atoms with Crippen LogP contribution in [0.5, 0.6) is 0 Å². The number of anilines is 2. The van der Waals surface area contributed by atoms with E-state index in [0.717, 1.165) is 24.5 Å². The lowest BCUT2D eigenvalue weighted by Gasteiger charge is -2.28. The number of hydrogen-bond acceptors (Lipinski definition) is 7. The third-order valence-corrected chi connectivity index (χ3v) is 6.10. The Morgan fingerprint density at radius 1 is 1.04 bits per heavy atom. The predicted octanol–water partition coefficient (Wildman–Crippen LogP) is 3.03. The standard InChI is InChI=1S/C20H23N5O2S/c1-28(26,27)16-5-6-18-17(12-16)20(24-14-23-18)22-13-15-7-8-21-19(11-15)25-9-3-2-4-10-25/h5-8,11-12,14H,2-4,9-10,13H2,1H3,(H,22,23,24). The fourth-order valence-electron chi connectivity index (χ4n) is 3.46. The highest BCUT2D eigenvalue weighted by atomic mass is 32.2. The largest absolute Gasteiger partial charge is 0.365 e. The van der Waals surface area contributed by atoms with Gasteiger partial charge in [-0.3, -0.25) is 0 Å². The number of aromatic nitrogens is 3. The van der Waals surface area contributed by atoms with Crippen LogP contribution in [0.4, 0.5) is 11.6 Å². The smallest absolute Gasteiger partial charge is 0.175 e. The topological polar surface area (TPSA) is 88.1 Å². The van der Waals surface area contributed by atoms with Crippen molar-refractivity contribution in [3.05, 3.63) is 48.4 Å². The summed E-state index contributed by atoms with van der Waals surface area (Å²) in [6.07, 6.45) is 8.22. The van der Waals surface area contributed by atoms with Crippen LogP contribution in [0, 0.1) is 0 Å². The van der Waals surface area contributed by atoms with Gasteiger partial charge in [0.25, 0.3) is 0 Å². The van der Waals surface area contributed by atoms with Crippen LogP contribution in [0.1, 0.15) is 24.8 Å². The second-order valence-electron chi connectivity index (χ2n) is 7.10. The SMILES string of the molecule is CS(=O)(=O)c1ccc2ncnc(NCc3ccnc(N4CCCCC4)c3)c2c1. The molecule has 146 valence electrons. The van der Waals surface area contributed by atoms with E-state index in [2.05, 4.69) is 31.2 Å². The van der Waals surface area contributed by atoms with E-state index >= 15 is 0 Å². The Labute approximate surface area is 164 Å². The molecule has 0 spiro atoms. The van der Waals surface area contributed by atoms with Crippen molar-refractivity contribution in [3.63, 3.8) is 0 Å². The van der Waals surface area contributed by atoms with E-state index in [-0.39, 0.29) is 4.90 Å². The van der Waals surface area contributed by atoms with Gasteiger partial charge in [-0.1, -0.05) is 0 Å². The zero-order valence-corrected chi connectivity index (χ0v) is 16.6. The summed E-state index contributed by atoms with van der Waals surface area (Å²) in [5.74, 6) is 1.62. The highest BCUT2D eigenvalue weighted by Crippen LogP contribution is 2.24. The van der Waals surface area contributed by atoms with E-state index in [1.807, 2.05) is 12.3 Å². The van der Waals surface area contributed by atoms with Gasteiger partial charge in [-0.15, -0.1) is 0 Å². The molecule has 1 N–H and O–H groups in total. The fraction of sp³-hybridized carbons (Fsp3) is 0.350. The number of hydrogen-bond donors (Lipinski definition) is 1. The van der Waals surface area contributed by atoms with E-state index in [0.29, 0.717) is 23.3 Å². The number of sulfone groups is 1. The molecule has 3 aromatic rings. The van der Waals surface area contributed by atoms with E-state index in [4.69, 9.17) is 0 Å². The van der Waals surface area contributed by atoms with Crippen LogP contribution in [-0.2, 0) is 16.4 Å². The first-order valence-corrected chi connectivity index (χ1v) is 11.3. The summed E-state index contributed by atoms with van der Waals surface area (Å²) in [4.78, 5) is 15.6. The molecular formula is C20H23N5O2S. The van der Waals surface area contributed by atoms with Crippen molar-refractivity contribution in [1.82, 2.24) is 15.0 Å². The van der Waals surface area contributed by atoms with Crippen LogP contribution in [0.3, 0.4) is 0 Å². The molecule has 1 aliphatic heterocycles. The maximum atomic E-state index is 11.9. The Hall–Kier alpha value is -2.74. The van der Waals surface area contributed by atoms with Crippen molar-refractivity contribution in [3.8, 4) is 0 Å². The van der Waals surface area contributed by atoms with Crippen LogP contribution < -0.4 is 10.2 Å². The first-order valence-electron chi connectivity index (χ1n) is 9.39. The van der Waals surface area contributed by atoms with Crippen molar-refractivity contribution in [2.75, 3.05) is 29.6 Å². The predicted molar refractivity (Wildman–Crippen MR) is 110 cm³/mol. The number of fused-ring (bicyclic) bond motifs is 1. The van der Waals surface area contributed by atoms with E-state index in [1.54, 1.807) is 18.2 Å². The summed E-state index contributed by atoms with van der Waals surface area (Å²) in [7, 11) is -3.29. The molecule has 0 atom stereocenters. The maximum Gasteiger partial charge on any atom is 0.175 e. The minimum absolute atomic E-state index is 0.258. The summed E-state index contributed by atoms with van der Waals surface area (Å²) >= 11 is 0. The van der Waals surface area contributed by atoms with E-state index < -0.39 is 9.84 Å². The van der Waals surface area contributed by atoms with Gasteiger partial charge in [-0.2, -0.15) is 0 Å². The maximum absolute atomic E-state index is 11.9. The van der Waals surface area contributed by atoms with Gasteiger partial charge >= 0.3 is 0 Å². The van der Waals surface area contributed by atoms with Gasteiger partial charge in [0.15, 0.2) is 9.84 Å². The zero-order valence-electron chi connectivity index (χ0n) is 15.8. The van der Waals surface area contributed by atoms with E-state index in [1.165, 1.54) is 31.8 Å². The van der Waals surface area contributed by atoms with E-state index in [9.17, 15) is 8.42 Å². The van der Waals surface area contributed by atoms with Crippen LogP contribution in [0.25, 0.3) is 10.9 Å². The molecule has 0 saturated carbocycles. The zero-order chi connectivity index (χ0) is 19.6. The van der Waals surface area contributed by atoms with Crippen LogP contribution in [0.2, 0.25) is 0 Å². The second-order valence-corrected chi connectivity index (χ2v) is 9.11. The minimum atomic E-state index is -3.29. The molecule has 1 fully saturated rings. The molecule has 3 heterocycles. The molecule has 0 bridgehead atoms. The van der Waals surface area contributed by atoms with Crippen molar-refractivity contribution >= 4 is 32.4 Å². The van der Waals surface area contributed by atoms with Gasteiger partial charge in [-0.25, -0.2) is 23.4 Å². The average Bonchev–Trinajstić information content (AvgIpc) is 2.72. The minimum Gasteiger partial charge on any atom is -0.365 e. The molecule has 1 saturated heterocycles. The van der Waals surface area contributed by atoms with Crippen LogP contribution in [0.15, 0.2) is 47.8 Å². The summed E-state index contributed by atoms with van der Waals surface area (Å²) in [5.41, 5.74) is 1.80. The Bertz CT molecular complexity index is 1090. The summed E-state index contributed by atoms with van der Waals surface area (Å²) in [6, 6.07) is 8.98. The van der Waals surface area contributed by atoms with Crippen molar-refractivity contribution in [2.24, 2.45) is 0 Å². The van der Waals surface area contributed by atoms with Crippen molar-refractivity contribution in [2.45, 2.75) is 30.7 Å². The fourth-order valence-corrected chi connectivity index (χ4v) is 4.11. The van der Waals surface area contributed by atoms with Gasteiger partial charge < -0.3 is 10.2 Å². The third kappa shape index (κ3) is 4.06. The number of benzene rings is 1. The second kappa shape index (κ2) is 7.71. The number of rotatable bonds is 5. The lowest BCUT2D eigenvalue weighted by Crippen LogP contribution is -2.30. The highest BCUT2D eigenvalue weighted by molar-refractivity contribution is 7.90. The Morgan fingerprint density at radius 2 is 1.86 bits per heavy atom.